The van der Waals surface area contributed by atoms with E-state index < -0.39 is 0 Å². The lowest BCUT2D eigenvalue weighted by atomic mass is 9.84. The Labute approximate surface area is 102 Å². The summed E-state index contributed by atoms with van der Waals surface area (Å²) < 4.78 is 0. The molecule has 0 heterocycles. The molecule has 0 aromatic carbocycles. The fraction of sp³-hybridized carbons (Fsp3) is 0.867. The van der Waals surface area contributed by atoms with E-state index in [-0.39, 0.29) is 0 Å². The van der Waals surface area contributed by atoms with Crippen LogP contribution < -0.4 is 5.32 Å². The van der Waals surface area contributed by atoms with Crippen molar-refractivity contribution < 1.29 is 0 Å². The number of hydrogen-bond donors (Lipinski definition) is 1. The quantitative estimate of drug-likeness (QED) is 0.523. The van der Waals surface area contributed by atoms with Crippen LogP contribution in [0.2, 0.25) is 0 Å². The van der Waals surface area contributed by atoms with Crippen LogP contribution in [-0.4, -0.2) is 13.1 Å². The highest BCUT2D eigenvalue weighted by atomic mass is 14.9. The molecule has 0 bridgehead atoms. The SMILES string of the molecule is C=CCCCC(NC)C1CCCCCCC1. The van der Waals surface area contributed by atoms with Crippen molar-refractivity contribution >= 4 is 0 Å². The second kappa shape index (κ2) is 8.81. The molecule has 0 aromatic rings. The normalized spacial score (nSPS) is 21.1. The fourth-order valence-electron chi connectivity index (χ4n) is 2.99. The van der Waals surface area contributed by atoms with Crippen LogP contribution >= 0.6 is 0 Å². The molecule has 1 nitrogen and oxygen atoms in total. The van der Waals surface area contributed by atoms with Crippen LogP contribution in [0.5, 0.6) is 0 Å². The van der Waals surface area contributed by atoms with Gasteiger partial charge in [-0.3, -0.25) is 0 Å². The molecule has 1 saturated carbocycles. The fourth-order valence-corrected chi connectivity index (χ4v) is 2.99. The molecule has 1 rings (SSSR count). The molecule has 16 heavy (non-hydrogen) atoms. The predicted molar refractivity (Wildman–Crippen MR) is 72.7 cm³/mol. The Bertz CT molecular complexity index is 168. The van der Waals surface area contributed by atoms with E-state index in [4.69, 9.17) is 0 Å². The highest BCUT2D eigenvalue weighted by Gasteiger charge is 2.19. The lowest BCUT2D eigenvalue weighted by molar-refractivity contribution is 0.281. The summed E-state index contributed by atoms with van der Waals surface area (Å²) in [6.45, 7) is 3.80. The third kappa shape index (κ3) is 5.16. The molecular weight excluding hydrogens is 194 g/mol. The predicted octanol–water partition coefficient (Wildman–Crippen LogP) is 4.29. The van der Waals surface area contributed by atoms with Gasteiger partial charge < -0.3 is 5.32 Å². The lowest BCUT2D eigenvalue weighted by Gasteiger charge is -2.28. The number of rotatable bonds is 6. The van der Waals surface area contributed by atoms with Gasteiger partial charge in [0.2, 0.25) is 0 Å². The Balaban J connectivity index is 2.32. The Morgan fingerprint density at radius 2 is 1.81 bits per heavy atom. The van der Waals surface area contributed by atoms with Crippen LogP contribution in [-0.2, 0) is 0 Å². The van der Waals surface area contributed by atoms with Gasteiger partial charge in [0.1, 0.15) is 0 Å². The molecule has 94 valence electrons. The Morgan fingerprint density at radius 3 is 2.38 bits per heavy atom. The molecule has 0 radical (unpaired) electrons. The molecule has 0 amide bonds. The van der Waals surface area contributed by atoms with Crippen LogP contribution in [0.4, 0.5) is 0 Å². The van der Waals surface area contributed by atoms with E-state index in [9.17, 15) is 0 Å². The van der Waals surface area contributed by atoms with Gasteiger partial charge in [0.05, 0.1) is 0 Å². The topological polar surface area (TPSA) is 12.0 Å². The van der Waals surface area contributed by atoms with E-state index in [0.717, 1.165) is 12.0 Å². The van der Waals surface area contributed by atoms with E-state index in [1.165, 1.54) is 64.2 Å². The van der Waals surface area contributed by atoms with Crippen molar-refractivity contribution in [2.24, 2.45) is 5.92 Å². The molecule has 0 aromatic heterocycles. The van der Waals surface area contributed by atoms with Gasteiger partial charge in [-0.05, 0) is 45.1 Å². The third-order valence-electron chi connectivity index (χ3n) is 4.01. The van der Waals surface area contributed by atoms with Crippen molar-refractivity contribution in [2.45, 2.75) is 70.3 Å². The van der Waals surface area contributed by atoms with Gasteiger partial charge in [-0.25, -0.2) is 0 Å². The summed E-state index contributed by atoms with van der Waals surface area (Å²) in [7, 11) is 2.14. The summed E-state index contributed by atoms with van der Waals surface area (Å²) in [5.74, 6) is 0.926. The van der Waals surface area contributed by atoms with Gasteiger partial charge in [-0.2, -0.15) is 0 Å². The van der Waals surface area contributed by atoms with Gasteiger partial charge in [-0.15, -0.1) is 6.58 Å². The number of nitrogens with one attached hydrogen (secondary N) is 1. The molecular formula is C15H29N. The lowest BCUT2D eigenvalue weighted by Crippen LogP contribution is -2.34. The van der Waals surface area contributed by atoms with Crippen molar-refractivity contribution in [3.05, 3.63) is 12.7 Å². The molecule has 0 saturated heterocycles. The van der Waals surface area contributed by atoms with Gasteiger partial charge >= 0.3 is 0 Å². The monoisotopic (exact) mass is 223 g/mol. The first kappa shape index (κ1) is 13.8. The molecule has 1 N–H and O–H groups in total. The molecule has 1 aliphatic carbocycles. The van der Waals surface area contributed by atoms with Crippen molar-refractivity contribution in [3.8, 4) is 0 Å². The first-order valence-electron chi connectivity index (χ1n) is 7.16. The van der Waals surface area contributed by atoms with E-state index >= 15 is 0 Å². The summed E-state index contributed by atoms with van der Waals surface area (Å²) in [4.78, 5) is 0. The number of allylic oxidation sites excluding steroid dienone is 1. The summed E-state index contributed by atoms with van der Waals surface area (Å²) in [5.41, 5.74) is 0. The van der Waals surface area contributed by atoms with Crippen molar-refractivity contribution in [3.63, 3.8) is 0 Å². The number of hydrogen-bond acceptors (Lipinski definition) is 1. The van der Waals surface area contributed by atoms with E-state index in [1.54, 1.807) is 0 Å². The van der Waals surface area contributed by atoms with Gasteiger partial charge in [0, 0.05) is 6.04 Å². The molecule has 1 atom stereocenters. The zero-order chi connectivity index (χ0) is 11.6. The van der Waals surface area contributed by atoms with E-state index in [1.807, 2.05) is 6.08 Å². The maximum absolute atomic E-state index is 3.80. The van der Waals surface area contributed by atoms with Gasteiger partial charge in [-0.1, -0.05) is 38.2 Å². The second-order valence-corrected chi connectivity index (χ2v) is 5.22. The standard InChI is InChI=1S/C15H29N/c1-3-4-8-13-15(16-2)14-11-9-6-5-7-10-12-14/h3,14-16H,1,4-13H2,2H3. The summed E-state index contributed by atoms with van der Waals surface area (Å²) in [5, 5.41) is 3.54. The number of unbranched alkanes of at least 4 members (excludes halogenated alkanes) is 1. The van der Waals surface area contributed by atoms with Crippen LogP contribution in [0.1, 0.15) is 64.2 Å². The van der Waals surface area contributed by atoms with Crippen LogP contribution in [0.25, 0.3) is 0 Å². The van der Waals surface area contributed by atoms with E-state index in [0.29, 0.717) is 0 Å². The summed E-state index contributed by atoms with van der Waals surface area (Å²) >= 11 is 0. The average molecular weight is 223 g/mol. The minimum atomic E-state index is 0.748. The first-order valence-corrected chi connectivity index (χ1v) is 7.16. The summed E-state index contributed by atoms with van der Waals surface area (Å²) in [6.07, 6.45) is 16.0. The van der Waals surface area contributed by atoms with Crippen molar-refractivity contribution in [1.29, 1.82) is 0 Å². The molecule has 1 fully saturated rings. The van der Waals surface area contributed by atoms with Gasteiger partial charge in [0.15, 0.2) is 0 Å². The molecule has 1 heteroatoms. The van der Waals surface area contributed by atoms with Crippen LogP contribution in [0.15, 0.2) is 12.7 Å². The highest BCUT2D eigenvalue weighted by molar-refractivity contribution is 4.78. The molecule has 1 unspecified atom stereocenters. The van der Waals surface area contributed by atoms with Crippen LogP contribution in [0.3, 0.4) is 0 Å². The third-order valence-corrected chi connectivity index (χ3v) is 4.01. The van der Waals surface area contributed by atoms with Crippen molar-refractivity contribution in [2.75, 3.05) is 7.05 Å². The molecule has 1 aliphatic rings. The maximum atomic E-state index is 3.80. The Kier molecular flexibility index (Phi) is 7.58. The minimum absolute atomic E-state index is 0.748. The zero-order valence-electron chi connectivity index (χ0n) is 11.0. The Hall–Kier alpha value is -0.300. The molecule has 0 aliphatic heterocycles. The average Bonchev–Trinajstić information content (AvgIpc) is 2.25. The Morgan fingerprint density at radius 1 is 1.19 bits per heavy atom. The van der Waals surface area contributed by atoms with Crippen molar-refractivity contribution in [1.82, 2.24) is 5.32 Å². The highest BCUT2D eigenvalue weighted by Crippen LogP contribution is 2.26. The maximum Gasteiger partial charge on any atom is 0.00924 e. The minimum Gasteiger partial charge on any atom is -0.317 e. The first-order chi connectivity index (χ1) is 7.88. The summed E-state index contributed by atoms with van der Waals surface area (Å²) in [6, 6.07) is 0.748. The largest absolute Gasteiger partial charge is 0.317 e. The van der Waals surface area contributed by atoms with E-state index in [2.05, 4.69) is 18.9 Å². The van der Waals surface area contributed by atoms with Gasteiger partial charge in [0.25, 0.3) is 0 Å². The van der Waals surface area contributed by atoms with Crippen LogP contribution in [0, 0.1) is 5.92 Å². The second-order valence-electron chi connectivity index (χ2n) is 5.22. The molecule has 0 spiro atoms. The smallest absolute Gasteiger partial charge is 0.00924 e. The zero-order valence-corrected chi connectivity index (χ0v) is 11.0.